The van der Waals surface area contributed by atoms with Crippen molar-refractivity contribution in [3.63, 3.8) is 0 Å². The number of hydrogen-bond acceptors (Lipinski definition) is 3. The first-order valence-electron chi connectivity index (χ1n) is 11.7. The lowest BCUT2D eigenvalue weighted by molar-refractivity contribution is -0.119. The molecule has 4 rings (SSSR count). The molecule has 1 saturated heterocycles. The van der Waals surface area contributed by atoms with Crippen molar-refractivity contribution in [2.24, 2.45) is 5.92 Å². The van der Waals surface area contributed by atoms with Gasteiger partial charge in [-0.1, -0.05) is 56.5 Å². The van der Waals surface area contributed by atoms with Crippen molar-refractivity contribution in [3.8, 4) is 0 Å². The number of nitrogens with zero attached hydrogens (tertiary/aromatic N) is 2. The lowest BCUT2D eigenvalue weighted by atomic mass is 9.76. The Labute approximate surface area is 181 Å². The fourth-order valence-corrected chi connectivity index (χ4v) is 5.06. The Morgan fingerprint density at radius 3 is 2.23 bits per heavy atom. The predicted octanol–water partition coefficient (Wildman–Crippen LogP) is 5.13. The highest BCUT2D eigenvalue weighted by Crippen LogP contribution is 2.37. The van der Waals surface area contributed by atoms with Crippen molar-refractivity contribution in [1.82, 2.24) is 4.90 Å². The van der Waals surface area contributed by atoms with E-state index in [1.807, 2.05) is 18.2 Å². The summed E-state index contributed by atoms with van der Waals surface area (Å²) in [6.45, 7) is 7.73. The maximum atomic E-state index is 13.3. The highest BCUT2D eigenvalue weighted by Gasteiger charge is 2.31. The van der Waals surface area contributed by atoms with Gasteiger partial charge in [-0.3, -0.25) is 4.79 Å². The normalized spacial score (nSPS) is 19.4. The van der Waals surface area contributed by atoms with Crippen LogP contribution in [0.1, 0.15) is 50.5 Å². The molecule has 0 aromatic heterocycles. The van der Waals surface area contributed by atoms with Gasteiger partial charge in [-0.05, 0) is 55.1 Å². The van der Waals surface area contributed by atoms with Crippen LogP contribution in [0.3, 0.4) is 0 Å². The van der Waals surface area contributed by atoms with Gasteiger partial charge in [0.1, 0.15) is 0 Å². The Morgan fingerprint density at radius 2 is 1.60 bits per heavy atom. The zero-order valence-electron chi connectivity index (χ0n) is 18.2. The van der Waals surface area contributed by atoms with Crippen molar-refractivity contribution in [3.05, 3.63) is 60.2 Å². The molecule has 2 fully saturated rings. The van der Waals surface area contributed by atoms with Crippen LogP contribution in [0.2, 0.25) is 0 Å². The largest absolute Gasteiger partial charge is 0.369 e. The molecule has 2 aliphatic rings. The molecule has 1 aliphatic carbocycles. The number of benzene rings is 2. The van der Waals surface area contributed by atoms with E-state index in [4.69, 9.17) is 0 Å². The van der Waals surface area contributed by atoms with Crippen LogP contribution in [-0.4, -0.2) is 43.5 Å². The van der Waals surface area contributed by atoms with Crippen LogP contribution in [-0.2, 0) is 4.79 Å². The van der Waals surface area contributed by atoms with Gasteiger partial charge in [-0.15, -0.1) is 0 Å². The zero-order chi connectivity index (χ0) is 20.8. The lowest BCUT2D eigenvalue weighted by Gasteiger charge is -2.35. The topological polar surface area (TPSA) is 35.6 Å². The standard InChI is InChI=1S/C26H35N3O/c1-2-28-17-19-29(20-18-28)24-15-13-23(14-16-24)27-26(30)25(21-9-5-3-6-10-21)22-11-7-4-8-12-22/h3,5-6,9-10,13-16,22,25H,2,4,7-8,11-12,17-20H2,1H3,(H,27,30). The van der Waals surface area contributed by atoms with Crippen LogP contribution in [0.4, 0.5) is 11.4 Å². The molecule has 30 heavy (non-hydrogen) atoms. The molecule has 1 saturated carbocycles. The molecule has 1 heterocycles. The summed E-state index contributed by atoms with van der Waals surface area (Å²) < 4.78 is 0. The van der Waals surface area contributed by atoms with Gasteiger partial charge >= 0.3 is 0 Å². The van der Waals surface area contributed by atoms with E-state index >= 15 is 0 Å². The minimum atomic E-state index is -0.0618. The average molecular weight is 406 g/mol. The monoisotopic (exact) mass is 405 g/mol. The average Bonchev–Trinajstić information content (AvgIpc) is 2.81. The molecule has 0 bridgehead atoms. The van der Waals surface area contributed by atoms with Gasteiger partial charge in [-0.2, -0.15) is 0 Å². The van der Waals surface area contributed by atoms with Crippen molar-refractivity contribution in [2.75, 3.05) is 42.9 Å². The van der Waals surface area contributed by atoms with E-state index in [0.29, 0.717) is 5.92 Å². The smallest absolute Gasteiger partial charge is 0.232 e. The third-order valence-corrected chi connectivity index (χ3v) is 6.88. The first-order chi connectivity index (χ1) is 14.7. The van der Waals surface area contributed by atoms with Crippen molar-refractivity contribution in [1.29, 1.82) is 0 Å². The van der Waals surface area contributed by atoms with E-state index in [0.717, 1.165) is 56.8 Å². The van der Waals surface area contributed by atoms with E-state index in [1.165, 1.54) is 24.9 Å². The molecular weight excluding hydrogens is 370 g/mol. The number of carbonyl (C=O) groups is 1. The summed E-state index contributed by atoms with van der Waals surface area (Å²) in [7, 11) is 0. The van der Waals surface area contributed by atoms with Crippen molar-refractivity contribution in [2.45, 2.75) is 44.9 Å². The molecule has 160 valence electrons. The molecule has 1 atom stereocenters. The minimum Gasteiger partial charge on any atom is -0.369 e. The lowest BCUT2D eigenvalue weighted by Crippen LogP contribution is -2.46. The van der Waals surface area contributed by atoms with Gasteiger partial charge in [0, 0.05) is 37.6 Å². The number of likely N-dealkylation sites (N-methyl/N-ethyl adjacent to an activating group) is 1. The fraction of sp³-hybridized carbons (Fsp3) is 0.500. The van der Waals surface area contributed by atoms with Gasteiger partial charge in [0.15, 0.2) is 0 Å². The van der Waals surface area contributed by atoms with Crippen LogP contribution in [0.15, 0.2) is 54.6 Å². The van der Waals surface area contributed by atoms with Gasteiger partial charge in [-0.25, -0.2) is 0 Å². The first kappa shape index (κ1) is 20.9. The maximum Gasteiger partial charge on any atom is 0.232 e. The Balaban J connectivity index is 1.43. The molecule has 1 amide bonds. The van der Waals surface area contributed by atoms with Crippen LogP contribution in [0, 0.1) is 5.92 Å². The second-order valence-electron chi connectivity index (χ2n) is 8.74. The SMILES string of the molecule is CCN1CCN(c2ccc(NC(=O)C(c3ccccc3)C3CCCCC3)cc2)CC1. The summed E-state index contributed by atoms with van der Waals surface area (Å²) in [6, 6.07) is 18.8. The summed E-state index contributed by atoms with van der Waals surface area (Å²) in [5.74, 6) is 0.515. The van der Waals surface area contributed by atoms with Gasteiger partial charge < -0.3 is 15.1 Å². The summed E-state index contributed by atoms with van der Waals surface area (Å²) in [5.41, 5.74) is 3.29. The van der Waals surface area contributed by atoms with Crippen LogP contribution >= 0.6 is 0 Å². The summed E-state index contributed by atoms with van der Waals surface area (Å²) in [6.07, 6.45) is 6.07. The molecule has 2 aromatic rings. The van der Waals surface area contributed by atoms with Crippen LogP contribution in [0.5, 0.6) is 0 Å². The van der Waals surface area contributed by atoms with E-state index in [2.05, 4.69) is 58.4 Å². The summed E-state index contributed by atoms with van der Waals surface area (Å²) in [5, 5.41) is 3.22. The Kier molecular flexibility index (Phi) is 7.06. The highest BCUT2D eigenvalue weighted by molar-refractivity contribution is 5.96. The second kappa shape index (κ2) is 10.1. The third-order valence-electron chi connectivity index (χ3n) is 6.88. The number of anilines is 2. The fourth-order valence-electron chi connectivity index (χ4n) is 5.06. The predicted molar refractivity (Wildman–Crippen MR) is 125 cm³/mol. The Hall–Kier alpha value is -2.33. The number of nitrogens with one attached hydrogen (secondary N) is 1. The zero-order valence-corrected chi connectivity index (χ0v) is 18.2. The molecule has 1 N–H and O–H groups in total. The van der Waals surface area contributed by atoms with E-state index in [9.17, 15) is 4.79 Å². The quantitative estimate of drug-likeness (QED) is 0.723. The Bertz CT molecular complexity index is 791. The number of piperazine rings is 1. The third kappa shape index (κ3) is 5.04. The van der Waals surface area contributed by atoms with Gasteiger partial charge in [0.2, 0.25) is 5.91 Å². The number of rotatable bonds is 6. The van der Waals surface area contributed by atoms with Crippen molar-refractivity contribution >= 4 is 17.3 Å². The number of amides is 1. The minimum absolute atomic E-state index is 0.0618. The van der Waals surface area contributed by atoms with Gasteiger partial charge in [0.25, 0.3) is 0 Å². The first-order valence-corrected chi connectivity index (χ1v) is 11.7. The molecule has 4 heteroatoms. The molecule has 0 radical (unpaired) electrons. The summed E-state index contributed by atoms with van der Waals surface area (Å²) >= 11 is 0. The number of carbonyl (C=O) groups excluding carboxylic acids is 1. The van der Waals surface area contributed by atoms with Crippen LogP contribution in [0.25, 0.3) is 0 Å². The van der Waals surface area contributed by atoms with E-state index in [-0.39, 0.29) is 11.8 Å². The molecule has 4 nitrogen and oxygen atoms in total. The van der Waals surface area contributed by atoms with Crippen LogP contribution < -0.4 is 10.2 Å². The molecule has 1 aliphatic heterocycles. The maximum absolute atomic E-state index is 13.3. The summed E-state index contributed by atoms with van der Waals surface area (Å²) in [4.78, 5) is 18.3. The van der Waals surface area contributed by atoms with Gasteiger partial charge in [0.05, 0.1) is 5.92 Å². The second-order valence-corrected chi connectivity index (χ2v) is 8.74. The highest BCUT2D eigenvalue weighted by atomic mass is 16.1. The molecule has 0 spiro atoms. The molecular formula is C26H35N3O. The molecule has 2 aromatic carbocycles. The van der Waals surface area contributed by atoms with E-state index < -0.39 is 0 Å². The van der Waals surface area contributed by atoms with E-state index in [1.54, 1.807) is 0 Å². The molecule has 1 unspecified atom stereocenters. The Morgan fingerprint density at radius 1 is 0.933 bits per heavy atom. The number of hydrogen-bond donors (Lipinski definition) is 1. The van der Waals surface area contributed by atoms with Crippen molar-refractivity contribution < 1.29 is 4.79 Å².